The van der Waals surface area contributed by atoms with Gasteiger partial charge >= 0.3 is 0 Å². The van der Waals surface area contributed by atoms with Crippen LogP contribution < -0.4 is 15.6 Å². The first kappa shape index (κ1) is 13.7. The summed E-state index contributed by atoms with van der Waals surface area (Å²) in [5, 5.41) is 0. The lowest BCUT2D eigenvalue weighted by Gasteiger charge is -2.09. The number of hydrazine groups is 1. The van der Waals surface area contributed by atoms with Crippen LogP contribution in [0.4, 0.5) is 5.69 Å². The first-order valence-electron chi connectivity index (χ1n) is 5.72. The molecule has 0 aromatic heterocycles. The summed E-state index contributed by atoms with van der Waals surface area (Å²) in [5.74, 6) is 0.442. The van der Waals surface area contributed by atoms with E-state index in [2.05, 4.69) is 33.4 Å². The van der Waals surface area contributed by atoms with Crippen LogP contribution in [0.15, 0.2) is 54.6 Å². The average Bonchev–Trinajstić information content (AvgIpc) is 2.45. The minimum absolute atomic E-state index is 0.0274. The van der Waals surface area contributed by atoms with Crippen LogP contribution in [0.2, 0.25) is 0 Å². The summed E-state index contributed by atoms with van der Waals surface area (Å²) < 4.78 is 6.48. The molecule has 0 aliphatic rings. The van der Waals surface area contributed by atoms with E-state index < -0.39 is 0 Å². The molecule has 2 rings (SSSR count). The van der Waals surface area contributed by atoms with Gasteiger partial charge in [0.25, 0.3) is 5.91 Å². The van der Waals surface area contributed by atoms with Crippen LogP contribution in [0.1, 0.15) is 0 Å². The van der Waals surface area contributed by atoms with Crippen LogP contribution in [0.25, 0.3) is 0 Å². The Morgan fingerprint density at radius 1 is 1.05 bits per heavy atom. The van der Waals surface area contributed by atoms with Gasteiger partial charge in [-0.05, 0) is 59.0 Å². The van der Waals surface area contributed by atoms with E-state index in [1.807, 2.05) is 54.6 Å². The number of carbonyl (C=O) groups is 1. The zero-order chi connectivity index (χ0) is 13.5. The SMILES string of the molecule is O=C(COc1ccc(I)cc1)NNc1ccccc1. The van der Waals surface area contributed by atoms with Crippen LogP contribution >= 0.6 is 22.6 Å². The lowest BCUT2D eigenvalue weighted by Crippen LogP contribution is -2.33. The number of amides is 1. The van der Waals surface area contributed by atoms with Gasteiger partial charge in [0.2, 0.25) is 0 Å². The Hall–Kier alpha value is -1.76. The van der Waals surface area contributed by atoms with E-state index in [-0.39, 0.29) is 12.5 Å². The van der Waals surface area contributed by atoms with Crippen molar-refractivity contribution in [3.8, 4) is 5.75 Å². The largest absolute Gasteiger partial charge is 0.484 e. The standard InChI is InChI=1S/C14H13IN2O2/c15-11-6-8-13(9-7-11)19-10-14(18)17-16-12-4-2-1-3-5-12/h1-9,16H,10H2,(H,17,18). The van der Waals surface area contributed by atoms with Gasteiger partial charge in [0, 0.05) is 3.57 Å². The van der Waals surface area contributed by atoms with Gasteiger partial charge in [-0.15, -0.1) is 0 Å². The average molecular weight is 368 g/mol. The van der Waals surface area contributed by atoms with Crippen LogP contribution in [0.3, 0.4) is 0 Å². The normalized spacial score (nSPS) is 9.74. The molecule has 2 aromatic carbocycles. The molecule has 19 heavy (non-hydrogen) atoms. The third-order valence-electron chi connectivity index (χ3n) is 2.30. The Morgan fingerprint density at radius 3 is 2.42 bits per heavy atom. The number of hydrogen-bond acceptors (Lipinski definition) is 3. The quantitative estimate of drug-likeness (QED) is 0.631. The predicted molar refractivity (Wildman–Crippen MR) is 82.9 cm³/mol. The molecule has 0 saturated carbocycles. The lowest BCUT2D eigenvalue weighted by atomic mass is 10.3. The Morgan fingerprint density at radius 2 is 1.74 bits per heavy atom. The zero-order valence-corrected chi connectivity index (χ0v) is 12.3. The Labute approximate surface area is 125 Å². The Kier molecular flexibility index (Phi) is 5.02. The van der Waals surface area contributed by atoms with Crippen LogP contribution in [0, 0.1) is 3.57 Å². The van der Waals surface area contributed by atoms with Gasteiger partial charge in [-0.3, -0.25) is 15.6 Å². The molecule has 0 radical (unpaired) electrons. The van der Waals surface area contributed by atoms with E-state index in [1.165, 1.54) is 0 Å². The van der Waals surface area contributed by atoms with E-state index in [0.29, 0.717) is 5.75 Å². The molecule has 0 aliphatic carbocycles. The summed E-state index contributed by atoms with van der Waals surface area (Å²) in [6.07, 6.45) is 0. The van der Waals surface area contributed by atoms with Crippen molar-refractivity contribution in [3.63, 3.8) is 0 Å². The fourth-order valence-corrected chi connectivity index (χ4v) is 1.74. The molecule has 0 unspecified atom stereocenters. The molecule has 0 saturated heterocycles. The highest BCUT2D eigenvalue weighted by Crippen LogP contribution is 2.13. The molecule has 4 nitrogen and oxygen atoms in total. The van der Waals surface area contributed by atoms with E-state index in [0.717, 1.165) is 9.26 Å². The molecule has 0 bridgehead atoms. The molecule has 0 fully saturated rings. The molecule has 1 amide bonds. The first-order chi connectivity index (χ1) is 9.24. The lowest BCUT2D eigenvalue weighted by molar-refractivity contribution is -0.122. The fraction of sp³-hybridized carbons (Fsp3) is 0.0714. The molecule has 98 valence electrons. The molecule has 0 heterocycles. The third-order valence-corrected chi connectivity index (χ3v) is 3.02. The number of halogens is 1. The molecular weight excluding hydrogens is 355 g/mol. The Balaban J connectivity index is 1.74. The summed E-state index contributed by atoms with van der Waals surface area (Å²) in [4.78, 5) is 11.6. The maximum atomic E-state index is 11.6. The van der Waals surface area contributed by atoms with Crippen molar-refractivity contribution < 1.29 is 9.53 Å². The second-order valence-electron chi connectivity index (χ2n) is 3.78. The van der Waals surface area contributed by atoms with Crippen LogP contribution in [-0.4, -0.2) is 12.5 Å². The first-order valence-corrected chi connectivity index (χ1v) is 6.80. The van der Waals surface area contributed by atoms with E-state index in [1.54, 1.807) is 0 Å². The number of ether oxygens (including phenoxy) is 1. The fourth-order valence-electron chi connectivity index (χ4n) is 1.38. The van der Waals surface area contributed by atoms with Gasteiger partial charge in [-0.2, -0.15) is 0 Å². The van der Waals surface area contributed by atoms with Gasteiger partial charge in [0.1, 0.15) is 5.75 Å². The van der Waals surface area contributed by atoms with Gasteiger partial charge in [0.15, 0.2) is 6.61 Å². The van der Waals surface area contributed by atoms with Crippen LogP contribution in [-0.2, 0) is 4.79 Å². The van der Waals surface area contributed by atoms with E-state index in [4.69, 9.17) is 4.74 Å². The monoisotopic (exact) mass is 368 g/mol. The molecule has 0 aliphatic heterocycles. The van der Waals surface area contributed by atoms with Crippen molar-refractivity contribution in [2.75, 3.05) is 12.0 Å². The summed E-state index contributed by atoms with van der Waals surface area (Å²) in [7, 11) is 0. The number of hydrogen-bond donors (Lipinski definition) is 2. The van der Waals surface area contributed by atoms with Gasteiger partial charge < -0.3 is 4.74 Å². The molecule has 0 atom stereocenters. The minimum Gasteiger partial charge on any atom is -0.484 e. The number of para-hydroxylation sites is 1. The van der Waals surface area contributed by atoms with Crippen molar-refractivity contribution in [3.05, 3.63) is 58.2 Å². The second-order valence-corrected chi connectivity index (χ2v) is 5.03. The van der Waals surface area contributed by atoms with E-state index >= 15 is 0 Å². The maximum Gasteiger partial charge on any atom is 0.276 e. The number of rotatable bonds is 5. The van der Waals surface area contributed by atoms with Crippen molar-refractivity contribution in [1.82, 2.24) is 5.43 Å². The summed E-state index contributed by atoms with van der Waals surface area (Å²) in [5.41, 5.74) is 6.20. The predicted octanol–water partition coefficient (Wildman–Crippen LogP) is 2.81. The van der Waals surface area contributed by atoms with Crippen molar-refractivity contribution in [1.29, 1.82) is 0 Å². The highest BCUT2D eigenvalue weighted by atomic mass is 127. The van der Waals surface area contributed by atoms with Gasteiger partial charge in [-0.1, -0.05) is 18.2 Å². The molecule has 2 N–H and O–H groups in total. The summed E-state index contributed by atoms with van der Waals surface area (Å²) in [6, 6.07) is 16.9. The van der Waals surface area contributed by atoms with E-state index in [9.17, 15) is 4.79 Å². The number of benzene rings is 2. The number of anilines is 1. The van der Waals surface area contributed by atoms with Crippen molar-refractivity contribution in [2.45, 2.75) is 0 Å². The smallest absolute Gasteiger partial charge is 0.276 e. The Bertz CT molecular complexity index is 529. The zero-order valence-electron chi connectivity index (χ0n) is 10.1. The summed E-state index contributed by atoms with van der Waals surface area (Å²) in [6.45, 7) is -0.0274. The molecular formula is C14H13IN2O2. The van der Waals surface area contributed by atoms with Crippen molar-refractivity contribution >= 4 is 34.2 Å². The highest BCUT2D eigenvalue weighted by Gasteiger charge is 2.02. The van der Waals surface area contributed by atoms with Gasteiger partial charge in [0.05, 0.1) is 5.69 Å². The number of nitrogens with one attached hydrogen (secondary N) is 2. The maximum absolute atomic E-state index is 11.6. The topological polar surface area (TPSA) is 50.4 Å². The summed E-state index contributed by atoms with van der Waals surface area (Å²) >= 11 is 2.21. The minimum atomic E-state index is -0.234. The number of carbonyl (C=O) groups excluding carboxylic acids is 1. The van der Waals surface area contributed by atoms with Crippen LogP contribution in [0.5, 0.6) is 5.75 Å². The van der Waals surface area contributed by atoms with Gasteiger partial charge in [-0.25, -0.2) is 0 Å². The van der Waals surface area contributed by atoms with Crippen molar-refractivity contribution in [2.24, 2.45) is 0 Å². The highest BCUT2D eigenvalue weighted by molar-refractivity contribution is 14.1. The molecule has 2 aromatic rings. The second kappa shape index (κ2) is 6.98. The molecule has 0 spiro atoms. The molecule has 5 heteroatoms. The third kappa shape index (κ3) is 4.78.